The van der Waals surface area contributed by atoms with Crippen molar-refractivity contribution >= 4 is 35.5 Å². The van der Waals surface area contributed by atoms with Gasteiger partial charge in [-0.05, 0) is 35.4 Å². The Labute approximate surface area is 270 Å². The molecule has 1 aliphatic heterocycles. The van der Waals surface area contributed by atoms with Gasteiger partial charge in [-0.25, -0.2) is 4.79 Å². The van der Waals surface area contributed by atoms with Crippen LogP contribution in [0.2, 0.25) is 0 Å². The van der Waals surface area contributed by atoms with Gasteiger partial charge in [0.15, 0.2) is 0 Å². The van der Waals surface area contributed by atoms with E-state index in [0.29, 0.717) is 17.7 Å². The summed E-state index contributed by atoms with van der Waals surface area (Å²) in [4.78, 5) is 48.6. The van der Waals surface area contributed by atoms with Crippen molar-refractivity contribution in [1.82, 2.24) is 10.6 Å². The number of esters is 1. The van der Waals surface area contributed by atoms with Crippen LogP contribution in [0.4, 0.5) is 0 Å². The second kappa shape index (κ2) is 17.4. The van der Waals surface area contributed by atoms with Crippen molar-refractivity contribution in [2.75, 3.05) is 31.8 Å². The zero-order valence-corrected chi connectivity index (χ0v) is 26.4. The second-order valence-electron chi connectivity index (χ2n) is 10.8. The van der Waals surface area contributed by atoms with Crippen molar-refractivity contribution in [1.29, 1.82) is 0 Å². The van der Waals surface area contributed by atoms with Crippen LogP contribution in [0.15, 0.2) is 54.6 Å². The third kappa shape index (κ3) is 9.96. The second-order valence-corrected chi connectivity index (χ2v) is 11.9. The number of amides is 2. The first-order valence-corrected chi connectivity index (χ1v) is 15.7. The van der Waals surface area contributed by atoms with E-state index >= 15 is 0 Å². The summed E-state index contributed by atoms with van der Waals surface area (Å²) < 4.78 is 16.6. The van der Waals surface area contributed by atoms with E-state index in [1.165, 1.54) is 18.7 Å². The normalized spacial score (nSPS) is 23.0. The maximum atomic E-state index is 12.9. The first-order valence-electron chi connectivity index (χ1n) is 14.6. The number of rotatable bonds is 16. The van der Waals surface area contributed by atoms with E-state index in [9.17, 15) is 34.5 Å². The number of carbonyl (C=O) groups excluding carboxylic acids is 3. The summed E-state index contributed by atoms with van der Waals surface area (Å²) in [6, 6.07) is 14.1. The molecule has 0 aliphatic carbocycles. The number of nitrogens with two attached hydrogens (primary N) is 1. The summed E-state index contributed by atoms with van der Waals surface area (Å²) in [6.45, 7) is 0.653. The molecule has 2 aromatic carbocycles. The third-order valence-electron chi connectivity index (χ3n) is 7.28. The highest BCUT2D eigenvalue weighted by Gasteiger charge is 2.56. The number of hydrogen-bond donors (Lipinski definition) is 7. The lowest BCUT2D eigenvalue weighted by Gasteiger charge is -2.47. The van der Waals surface area contributed by atoms with Gasteiger partial charge in [0.05, 0.1) is 32.0 Å². The number of aliphatic hydroxyl groups is 3. The van der Waals surface area contributed by atoms with E-state index in [4.69, 9.17) is 25.1 Å². The van der Waals surface area contributed by atoms with Crippen LogP contribution in [0.1, 0.15) is 30.1 Å². The predicted octanol–water partition coefficient (Wildman–Crippen LogP) is -0.119. The van der Waals surface area contributed by atoms with Crippen LogP contribution in [0, 0.1) is 0 Å². The molecule has 0 spiro atoms. The van der Waals surface area contributed by atoms with Gasteiger partial charge in [-0.2, -0.15) is 11.8 Å². The zero-order valence-electron chi connectivity index (χ0n) is 25.5. The topological polar surface area (TPSA) is 227 Å². The Morgan fingerprint density at radius 3 is 2.35 bits per heavy atom. The van der Waals surface area contributed by atoms with Crippen LogP contribution in [-0.2, 0) is 28.6 Å². The summed E-state index contributed by atoms with van der Waals surface area (Å²) in [5.41, 5.74) is 7.68. The number of ether oxygens (including phenoxy) is 3. The van der Waals surface area contributed by atoms with Crippen molar-refractivity contribution in [2.45, 2.75) is 62.1 Å². The molecular weight excluding hydrogens is 622 g/mol. The van der Waals surface area contributed by atoms with Crippen LogP contribution in [0.5, 0.6) is 0 Å². The summed E-state index contributed by atoms with van der Waals surface area (Å²) >= 11 is 1.26. The van der Waals surface area contributed by atoms with Gasteiger partial charge in [-0.3, -0.25) is 14.4 Å². The first-order chi connectivity index (χ1) is 21.9. The summed E-state index contributed by atoms with van der Waals surface area (Å²) in [5, 5.41) is 47.0. The number of aliphatic hydroxyl groups excluding tert-OH is 3. The molecular formula is C31H41N3O11S. The minimum atomic E-state index is -2.21. The molecule has 2 aromatic rings. The fourth-order valence-corrected chi connectivity index (χ4v) is 5.74. The van der Waals surface area contributed by atoms with E-state index in [1.54, 1.807) is 24.3 Å². The first kappa shape index (κ1) is 36.9. The van der Waals surface area contributed by atoms with Gasteiger partial charge in [0.25, 0.3) is 11.7 Å². The monoisotopic (exact) mass is 663 g/mol. The molecule has 46 heavy (non-hydrogen) atoms. The number of carbonyl (C=O) groups is 4. The van der Waals surface area contributed by atoms with Gasteiger partial charge in [-0.1, -0.05) is 42.5 Å². The van der Waals surface area contributed by atoms with E-state index in [-0.39, 0.29) is 12.4 Å². The van der Waals surface area contributed by atoms with E-state index in [0.717, 1.165) is 18.2 Å². The Kier molecular flexibility index (Phi) is 13.9. The Hall–Kier alpha value is -3.57. The van der Waals surface area contributed by atoms with E-state index in [2.05, 4.69) is 10.6 Å². The minimum Gasteiger partial charge on any atom is -0.480 e. The molecule has 0 bridgehead atoms. The Bertz CT molecular complexity index is 1320. The largest absolute Gasteiger partial charge is 0.480 e. The van der Waals surface area contributed by atoms with Gasteiger partial charge in [0.2, 0.25) is 5.91 Å². The predicted molar refractivity (Wildman–Crippen MR) is 168 cm³/mol. The molecule has 0 saturated carbocycles. The highest BCUT2D eigenvalue weighted by molar-refractivity contribution is 7.99. The highest BCUT2D eigenvalue weighted by Crippen LogP contribution is 2.34. The molecule has 252 valence electrons. The SMILES string of the molecule is COC(=O)[C@@]1(OCCCSCC(N)C(=O)O)C[C@@H](O)C(NC(C)=O)C([C@H](O)C(O)CNC(=O)c2ccc(-c3ccccc3)cc2)O1. The average molecular weight is 664 g/mol. The van der Waals surface area contributed by atoms with Gasteiger partial charge < -0.3 is 51.0 Å². The maximum absolute atomic E-state index is 12.9. The number of carboxylic acids is 1. The number of benzene rings is 2. The van der Waals surface area contributed by atoms with Gasteiger partial charge in [0.1, 0.15) is 18.2 Å². The Morgan fingerprint density at radius 2 is 1.74 bits per heavy atom. The smallest absolute Gasteiger partial charge is 0.366 e. The van der Waals surface area contributed by atoms with Gasteiger partial charge in [-0.15, -0.1) is 0 Å². The molecule has 1 aliphatic rings. The molecule has 0 aromatic heterocycles. The summed E-state index contributed by atoms with van der Waals surface area (Å²) in [7, 11) is 1.08. The number of hydrogen-bond acceptors (Lipinski definition) is 12. The standard InChI is InChI=1S/C31H41N3O11S/c1-18(35)34-25-23(36)15-31(30(42)43-2,44-13-6-14-46-17-22(32)29(40)41)45-27(25)26(38)24(37)16-33-28(39)21-11-9-20(10-12-21)19-7-4-3-5-8-19/h3-5,7-12,22-27,36-38H,6,13-17,32H2,1-2H3,(H,33,39)(H,34,35)(H,40,41)/t22?,23-,24?,25?,26-,27?,31-/m1/s1. The molecule has 1 saturated heterocycles. The molecule has 15 heteroatoms. The lowest BCUT2D eigenvalue weighted by Crippen LogP contribution is -2.68. The van der Waals surface area contributed by atoms with E-state index < -0.39 is 79.0 Å². The lowest BCUT2D eigenvalue weighted by atomic mass is 9.88. The Morgan fingerprint density at radius 1 is 1.09 bits per heavy atom. The molecule has 4 unspecified atom stereocenters. The Balaban J connectivity index is 1.68. The maximum Gasteiger partial charge on any atom is 0.366 e. The van der Waals surface area contributed by atoms with Crippen molar-refractivity contribution < 1.29 is 53.8 Å². The molecule has 2 amide bonds. The zero-order chi connectivity index (χ0) is 33.9. The number of carboxylic acid groups (broad SMARTS) is 1. The van der Waals surface area contributed by atoms with Crippen molar-refractivity contribution in [2.24, 2.45) is 5.73 Å². The third-order valence-corrected chi connectivity index (χ3v) is 8.45. The minimum absolute atomic E-state index is 0.0909. The van der Waals surface area contributed by atoms with Crippen molar-refractivity contribution in [3.63, 3.8) is 0 Å². The number of methoxy groups -OCH3 is 1. The number of nitrogens with one attached hydrogen (secondary N) is 2. The van der Waals surface area contributed by atoms with Crippen LogP contribution in [0.3, 0.4) is 0 Å². The molecule has 1 heterocycles. The molecule has 7 atom stereocenters. The molecule has 0 radical (unpaired) electrons. The summed E-state index contributed by atoms with van der Waals surface area (Å²) in [5.74, 6) is -4.87. The molecule has 1 fully saturated rings. The fraction of sp³-hybridized carbons (Fsp3) is 0.484. The molecule has 14 nitrogen and oxygen atoms in total. The van der Waals surface area contributed by atoms with Crippen LogP contribution in [0.25, 0.3) is 11.1 Å². The van der Waals surface area contributed by atoms with Crippen LogP contribution in [-0.4, -0.2) is 118 Å². The number of thioether (sulfide) groups is 1. The van der Waals surface area contributed by atoms with Gasteiger partial charge in [0, 0.05) is 31.2 Å². The van der Waals surface area contributed by atoms with Crippen molar-refractivity contribution in [3.8, 4) is 11.1 Å². The van der Waals surface area contributed by atoms with Crippen LogP contribution < -0.4 is 16.4 Å². The number of aliphatic carboxylic acids is 1. The van der Waals surface area contributed by atoms with E-state index in [1.807, 2.05) is 30.3 Å². The van der Waals surface area contributed by atoms with Crippen LogP contribution >= 0.6 is 11.8 Å². The fourth-order valence-electron chi connectivity index (χ4n) is 4.86. The molecule has 8 N–H and O–H groups in total. The lowest BCUT2D eigenvalue weighted by molar-refractivity contribution is -0.311. The summed E-state index contributed by atoms with van der Waals surface area (Å²) in [6.07, 6.45) is -6.69. The van der Waals surface area contributed by atoms with Gasteiger partial charge >= 0.3 is 11.9 Å². The highest BCUT2D eigenvalue weighted by atomic mass is 32.2. The molecule has 3 rings (SSSR count). The quantitative estimate of drug-likeness (QED) is 0.0920. The van der Waals surface area contributed by atoms with Crippen molar-refractivity contribution in [3.05, 3.63) is 60.2 Å². The average Bonchev–Trinajstić information content (AvgIpc) is 3.05.